The van der Waals surface area contributed by atoms with Crippen LogP contribution in [0.3, 0.4) is 0 Å². The maximum absolute atomic E-state index is 13.9. The number of aromatic nitrogens is 5. The molecule has 0 amide bonds. The summed E-state index contributed by atoms with van der Waals surface area (Å²) in [6.45, 7) is 0. The summed E-state index contributed by atoms with van der Waals surface area (Å²) in [5.41, 5.74) is 6.19. The van der Waals surface area contributed by atoms with Gasteiger partial charge in [0.2, 0.25) is 0 Å². The van der Waals surface area contributed by atoms with Crippen molar-refractivity contribution in [3.63, 3.8) is 0 Å². The molecule has 0 unspecified atom stereocenters. The van der Waals surface area contributed by atoms with Crippen molar-refractivity contribution in [3.8, 4) is 45.3 Å². The summed E-state index contributed by atoms with van der Waals surface area (Å²) in [5, 5.41) is 3.06. The van der Waals surface area contributed by atoms with Gasteiger partial charge >= 0.3 is 0 Å². The van der Waals surface area contributed by atoms with Gasteiger partial charge in [-0.15, -0.1) is 0 Å². The summed E-state index contributed by atoms with van der Waals surface area (Å²) in [5.74, 6) is 1.54. The summed E-state index contributed by atoms with van der Waals surface area (Å²) < 4.78 is 9.12. The largest absolute Gasteiger partial charge is 0.456 e. The van der Waals surface area contributed by atoms with E-state index in [4.69, 9.17) is 19.4 Å². The van der Waals surface area contributed by atoms with Crippen LogP contribution in [0.15, 0.2) is 154 Å². The van der Waals surface area contributed by atoms with E-state index in [0.29, 0.717) is 39.3 Å². The lowest BCUT2D eigenvalue weighted by Crippen LogP contribution is -2.21. The van der Waals surface area contributed by atoms with Gasteiger partial charge in [-0.25, -0.2) is 19.5 Å². The maximum atomic E-state index is 13.9. The number of hydrogen-bond acceptors (Lipinski definition) is 6. The van der Waals surface area contributed by atoms with Crippen LogP contribution in [0.4, 0.5) is 0 Å². The molecule has 49 heavy (non-hydrogen) atoms. The van der Waals surface area contributed by atoms with Gasteiger partial charge in [0.1, 0.15) is 11.2 Å². The van der Waals surface area contributed by atoms with E-state index in [1.54, 1.807) is 16.6 Å². The fourth-order valence-corrected chi connectivity index (χ4v) is 6.90. The average molecular weight is 634 g/mol. The molecule has 0 aliphatic rings. The third-order valence-corrected chi connectivity index (χ3v) is 9.17. The van der Waals surface area contributed by atoms with Crippen LogP contribution < -0.4 is 11.1 Å². The zero-order chi connectivity index (χ0) is 32.6. The van der Waals surface area contributed by atoms with Crippen molar-refractivity contribution in [2.45, 2.75) is 0 Å². The number of hydrogen-bond donors (Lipinski definition) is 0. The number of para-hydroxylation sites is 2. The Morgan fingerprint density at radius 3 is 1.88 bits per heavy atom. The van der Waals surface area contributed by atoms with Crippen LogP contribution in [0.1, 0.15) is 0 Å². The summed E-state index contributed by atoms with van der Waals surface area (Å²) >= 11 is 0. The third-order valence-electron chi connectivity index (χ3n) is 9.17. The van der Waals surface area contributed by atoms with Gasteiger partial charge in [-0.05, 0) is 53.6 Å². The lowest BCUT2D eigenvalue weighted by Gasteiger charge is -2.10. The van der Waals surface area contributed by atoms with E-state index in [9.17, 15) is 9.59 Å². The van der Waals surface area contributed by atoms with E-state index in [1.165, 1.54) is 4.52 Å². The van der Waals surface area contributed by atoms with Crippen LogP contribution in [-0.2, 0) is 0 Å². The van der Waals surface area contributed by atoms with Crippen LogP contribution in [0.2, 0.25) is 0 Å². The van der Waals surface area contributed by atoms with Crippen molar-refractivity contribution in [1.29, 1.82) is 0 Å². The van der Waals surface area contributed by atoms with Crippen molar-refractivity contribution in [3.05, 3.63) is 160 Å². The van der Waals surface area contributed by atoms with Crippen molar-refractivity contribution < 1.29 is 4.42 Å². The Morgan fingerprint density at radius 1 is 0.429 bits per heavy atom. The highest BCUT2D eigenvalue weighted by Gasteiger charge is 2.21. The van der Waals surface area contributed by atoms with Gasteiger partial charge in [-0.2, -0.15) is 4.52 Å². The zero-order valence-corrected chi connectivity index (χ0v) is 25.7. The van der Waals surface area contributed by atoms with Crippen LogP contribution in [0, 0.1) is 0 Å². The van der Waals surface area contributed by atoms with E-state index in [2.05, 4.69) is 6.07 Å². The second-order valence-corrected chi connectivity index (χ2v) is 12.0. The van der Waals surface area contributed by atoms with Crippen LogP contribution in [0.25, 0.3) is 89.0 Å². The van der Waals surface area contributed by atoms with Crippen molar-refractivity contribution in [2.75, 3.05) is 0 Å². The summed E-state index contributed by atoms with van der Waals surface area (Å²) in [6.07, 6.45) is 0. The predicted octanol–water partition coefficient (Wildman–Crippen LogP) is 8.26. The molecular weight excluding hydrogens is 610 g/mol. The molecule has 6 aromatic carbocycles. The number of nitrogens with zero attached hydrogens (tertiary/aromatic N) is 5. The second kappa shape index (κ2) is 10.3. The first-order valence-corrected chi connectivity index (χ1v) is 15.9. The molecule has 10 rings (SSSR count). The average Bonchev–Trinajstić information content (AvgIpc) is 3.79. The molecule has 0 bridgehead atoms. The van der Waals surface area contributed by atoms with Gasteiger partial charge in [0.05, 0.1) is 21.8 Å². The standard InChI is InChI=1S/C41H23N5O3/c47-40-31-15-4-6-17-32(31)45-33-18-9-16-28(36(33)41(48)46(40)45)25-12-8-13-26(22-25)38-42-37(24-10-2-1-3-11-24)43-39(44-38)27-20-21-30-29-14-5-7-19-34(29)49-35(30)23-27/h1-23H. The molecule has 8 nitrogen and oxygen atoms in total. The fourth-order valence-electron chi connectivity index (χ4n) is 6.90. The molecule has 0 aliphatic heterocycles. The summed E-state index contributed by atoms with van der Waals surface area (Å²) in [7, 11) is 0. The normalized spacial score (nSPS) is 11.8. The quantitative estimate of drug-likeness (QED) is 0.194. The highest BCUT2D eigenvalue weighted by atomic mass is 16.3. The Labute approximate surface area is 277 Å². The molecule has 0 aliphatic carbocycles. The fraction of sp³-hybridized carbons (Fsp3) is 0. The number of rotatable bonds is 4. The van der Waals surface area contributed by atoms with Crippen LogP contribution in [0.5, 0.6) is 0 Å². The molecule has 4 aromatic heterocycles. The Hall–Kier alpha value is -6.93. The topological polar surface area (TPSA) is 94.8 Å². The third kappa shape index (κ3) is 4.07. The lowest BCUT2D eigenvalue weighted by atomic mass is 9.99. The van der Waals surface area contributed by atoms with Gasteiger partial charge in [0, 0.05) is 27.5 Å². The number of benzene rings is 6. The molecular formula is C41H23N5O3. The minimum Gasteiger partial charge on any atom is -0.456 e. The highest BCUT2D eigenvalue weighted by Crippen LogP contribution is 2.34. The van der Waals surface area contributed by atoms with Gasteiger partial charge in [0.15, 0.2) is 17.5 Å². The monoisotopic (exact) mass is 633 g/mol. The van der Waals surface area contributed by atoms with Crippen LogP contribution >= 0.6 is 0 Å². The van der Waals surface area contributed by atoms with Crippen molar-refractivity contribution in [1.82, 2.24) is 24.0 Å². The first-order valence-electron chi connectivity index (χ1n) is 15.9. The summed E-state index contributed by atoms with van der Waals surface area (Å²) in [4.78, 5) is 42.0. The van der Waals surface area contributed by atoms with E-state index < -0.39 is 0 Å². The Morgan fingerprint density at radius 2 is 1.04 bits per heavy atom. The molecule has 0 atom stereocenters. The van der Waals surface area contributed by atoms with Crippen molar-refractivity contribution in [2.24, 2.45) is 0 Å². The molecule has 0 N–H and O–H groups in total. The molecule has 0 saturated carbocycles. The Kier molecular flexibility index (Phi) is 5.71. The SMILES string of the molecule is O=c1c2ccccc2n2c3cccc(-c4cccc(-c5nc(-c6ccccc6)nc(-c6ccc7c(c6)oc6ccccc67)n5)c4)c3c(=O)n12. The Balaban J connectivity index is 1.16. The lowest BCUT2D eigenvalue weighted by molar-refractivity contribution is 0.669. The minimum atomic E-state index is -0.355. The van der Waals surface area contributed by atoms with Crippen molar-refractivity contribution >= 4 is 43.7 Å². The van der Waals surface area contributed by atoms with E-state index in [1.807, 2.05) is 121 Å². The van der Waals surface area contributed by atoms with Gasteiger partial charge in [-0.3, -0.25) is 9.59 Å². The summed E-state index contributed by atoms with van der Waals surface area (Å²) in [6, 6.07) is 44.6. The number of furan rings is 1. The molecule has 10 aromatic rings. The zero-order valence-electron chi connectivity index (χ0n) is 25.7. The smallest absolute Gasteiger partial charge is 0.283 e. The maximum Gasteiger partial charge on any atom is 0.283 e. The van der Waals surface area contributed by atoms with Gasteiger partial charge in [-0.1, -0.05) is 97.1 Å². The Bertz CT molecular complexity index is 3050. The van der Waals surface area contributed by atoms with Crippen LogP contribution in [-0.4, -0.2) is 24.0 Å². The van der Waals surface area contributed by atoms with Gasteiger partial charge in [0.25, 0.3) is 11.1 Å². The molecule has 8 heteroatoms. The molecule has 4 heterocycles. The van der Waals surface area contributed by atoms with E-state index in [0.717, 1.165) is 49.8 Å². The first kappa shape index (κ1) is 27.2. The molecule has 0 spiro atoms. The highest BCUT2D eigenvalue weighted by molar-refractivity contribution is 6.05. The van der Waals surface area contributed by atoms with Gasteiger partial charge < -0.3 is 4.42 Å². The van der Waals surface area contributed by atoms with E-state index >= 15 is 0 Å². The predicted molar refractivity (Wildman–Crippen MR) is 192 cm³/mol. The molecule has 0 saturated heterocycles. The molecule has 0 radical (unpaired) electrons. The second-order valence-electron chi connectivity index (χ2n) is 12.0. The van der Waals surface area contributed by atoms with E-state index in [-0.39, 0.29) is 11.1 Å². The number of fused-ring (bicyclic) bond motifs is 8. The molecule has 0 fully saturated rings. The molecule has 230 valence electrons. The minimum absolute atomic E-state index is 0.330. The first-order chi connectivity index (χ1) is 24.1.